The van der Waals surface area contributed by atoms with Gasteiger partial charge in [-0.05, 0) is 0 Å². The number of amides is 6. The molecule has 0 aromatic rings. The molecule has 1 unspecified atom stereocenters. The van der Waals surface area contributed by atoms with E-state index in [1.807, 2.05) is 0 Å². The highest BCUT2D eigenvalue weighted by Crippen LogP contribution is 2.31. The molecule has 0 spiro atoms. The molecule has 3 aliphatic heterocycles. The Bertz CT molecular complexity index is 743. The number of nitrogens with zero attached hydrogens (tertiary/aromatic N) is 3. The van der Waals surface area contributed by atoms with Gasteiger partial charge >= 0.3 is 0 Å². The van der Waals surface area contributed by atoms with Crippen molar-refractivity contribution in [3.05, 3.63) is 36.5 Å². The van der Waals surface area contributed by atoms with Gasteiger partial charge in [0.05, 0.1) is 0 Å². The first-order chi connectivity index (χ1) is 11.7. The summed E-state index contributed by atoms with van der Waals surface area (Å²) in [5.41, 5.74) is 0. The Morgan fingerprint density at radius 2 is 0.920 bits per heavy atom. The molecule has 3 aliphatic rings. The van der Waals surface area contributed by atoms with Crippen LogP contribution >= 0.6 is 0 Å². The molecule has 25 heavy (non-hydrogen) atoms. The van der Waals surface area contributed by atoms with E-state index in [2.05, 4.69) is 0 Å². The van der Waals surface area contributed by atoms with E-state index in [1.165, 1.54) is 0 Å². The van der Waals surface area contributed by atoms with Crippen molar-refractivity contribution in [3.63, 3.8) is 0 Å². The van der Waals surface area contributed by atoms with Crippen LogP contribution in [0.5, 0.6) is 0 Å². The molecule has 0 fully saturated rings. The summed E-state index contributed by atoms with van der Waals surface area (Å²) in [7, 11) is 0. The maximum absolute atomic E-state index is 12.0. The maximum Gasteiger partial charge on any atom is 0.285 e. The second-order valence-electron chi connectivity index (χ2n) is 5.13. The van der Waals surface area contributed by atoms with E-state index in [1.54, 1.807) is 0 Å². The van der Waals surface area contributed by atoms with Gasteiger partial charge in [-0.1, -0.05) is 0 Å². The summed E-state index contributed by atoms with van der Waals surface area (Å²) in [5, 5.41) is 21.4. The summed E-state index contributed by atoms with van der Waals surface area (Å²) in [6.07, 6.45) is 1.83. The Labute approximate surface area is 138 Å². The number of rotatable bonds is 4. The number of carbonyl (C=O) groups excluding carboxylic acids is 6. The average Bonchev–Trinajstić information content (AvgIpc) is 3.17. The van der Waals surface area contributed by atoms with Crippen LogP contribution in [0.1, 0.15) is 0 Å². The summed E-state index contributed by atoms with van der Waals surface area (Å²) in [6.45, 7) is 0. The molecule has 1 atom stereocenters. The third-order valence-corrected chi connectivity index (χ3v) is 3.71. The molecular weight excluding hydrogens is 338 g/mol. The van der Waals surface area contributed by atoms with Gasteiger partial charge in [-0.3, -0.25) is 28.8 Å². The molecule has 0 aliphatic carbocycles. The molecule has 0 saturated heterocycles. The molecule has 0 aromatic carbocycles. The van der Waals surface area contributed by atoms with Crippen molar-refractivity contribution in [3.8, 4) is 0 Å². The lowest BCUT2D eigenvalue weighted by Gasteiger charge is -2.45. The topological polar surface area (TPSA) is 153 Å². The molecule has 0 aromatic heterocycles. The van der Waals surface area contributed by atoms with Gasteiger partial charge in [0.1, 0.15) is 0 Å². The Morgan fingerprint density at radius 3 is 1.24 bits per heavy atom. The van der Waals surface area contributed by atoms with Crippen molar-refractivity contribution >= 4 is 35.4 Å². The van der Waals surface area contributed by atoms with Crippen molar-refractivity contribution < 1.29 is 39.0 Å². The zero-order valence-corrected chi connectivity index (χ0v) is 12.2. The predicted octanol–water partition coefficient (Wildman–Crippen LogP) is -3.27. The van der Waals surface area contributed by atoms with E-state index in [0.29, 0.717) is 0 Å². The van der Waals surface area contributed by atoms with Crippen LogP contribution in [-0.4, -0.2) is 72.4 Å². The van der Waals surface area contributed by atoms with Crippen LogP contribution in [0, 0.1) is 0 Å². The minimum absolute atomic E-state index is 0.0132. The number of hydrogen-bond acceptors (Lipinski definition) is 8. The molecule has 0 saturated carbocycles. The van der Waals surface area contributed by atoms with Gasteiger partial charge in [0.15, 0.2) is 0 Å². The van der Waals surface area contributed by atoms with Crippen LogP contribution in [0.2, 0.25) is 0 Å². The molecule has 11 heteroatoms. The molecule has 0 radical (unpaired) electrons. The minimum Gasteiger partial charge on any atom is -0.367 e. The number of carbonyl (C=O) groups is 6. The molecule has 6 amide bonds. The fourth-order valence-electron chi connectivity index (χ4n) is 2.61. The van der Waals surface area contributed by atoms with Crippen LogP contribution < -0.4 is 0 Å². The van der Waals surface area contributed by atoms with Gasteiger partial charge in [0, 0.05) is 36.5 Å². The highest BCUT2D eigenvalue weighted by molar-refractivity contribution is 6.17. The Hall–Kier alpha value is -3.44. The van der Waals surface area contributed by atoms with E-state index in [9.17, 15) is 39.0 Å². The molecule has 11 nitrogen and oxygen atoms in total. The number of imide groups is 3. The first kappa shape index (κ1) is 16.4. The van der Waals surface area contributed by atoms with Gasteiger partial charge in [0.2, 0.25) is 6.23 Å². The van der Waals surface area contributed by atoms with Gasteiger partial charge in [-0.25, -0.2) is 14.7 Å². The summed E-state index contributed by atoms with van der Waals surface area (Å²) in [5.74, 6) is -10.1. The second-order valence-corrected chi connectivity index (χ2v) is 5.13. The SMILES string of the molecule is O=C1C=CC(=O)N1C(O)C(O)(N1C(=O)C=CC1=O)N1C(=O)C=CC1=O. The van der Waals surface area contributed by atoms with Crippen molar-refractivity contribution in [2.75, 3.05) is 0 Å². The Kier molecular flexibility index (Phi) is 3.47. The lowest BCUT2D eigenvalue weighted by molar-refractivity contribution is -0.263. The first-order valence-electron chi connectivity index (χ1n) is 6.77. The zero-order valence-electron chi connectivity index (χ0n) is 12.2. The quantitative estimate of drug-likeness (QED) is 0.502. The van der Waals surface area contributed by atoms with Gasteiger partial charge in [-0.2, -0.15) is 0 Å². The highest BCUT2D eigenvalue weighted by Gasteiger charge is 2.60. The van der Waals surface area contributed by atoms with Crippen LogP contribution in [0.15, 0.2) is 36.5 Å². The normalized spacial score (nSPS) is 21.6. The fourth-order valence-corrected chi connectivity index (χ4v) is 2.61. The van der Waals surface area contributed by atoms with Crippen molar-refractivity contribution in [1.29, 1.82) is 0 Å². The van der Waals surface area contributed by atoms with Crippen molar-refractivity contribution in [2.24, 2.45) is 0 Å². The third kappa shape index (κ3) is 2.14. The summed E-state index contributed by atoms with van der Waals surface area (Å²) < 4.78 is 0. The van der Waals surface area contributed by atoms with Gasteiger partial charge < -0.3 is 10.2 Å². The van der Waals surface area contributed by atoms with Crippen LogP contribution in [0.25, 0.3) is 0 Å². The summed E-state index contributed by atoms with van der Waals surface area (Å²) in [4.78, 5) is 71.5. The average molecular weight is 347 g/mol. The van der Waals surface area contributed by atoms with E-state index >= 15 is 0 Å². The van der Waals surface area contributed by atoms with E-state index < -0.39 is 47.5 Å². The number of aliphatic hydroxyl groups excluding tert-OH is 1. The fraction of sp³-hybridized carbons (Fsp3) is 0.143. The summed E-state index contributed by atoms with van der Waals surface area (Å²) >= 11 is 0. The Morgan fingerprint density at radius 1 is 0.640 bits per heavy atom. The minimum atomic E-state index is -3.33. The van der Waals surface area contributed by atoms with E-state index in [-0.39, 0.29) is 14.7 Å². The highest BCUT2D eigenvalue weighted by atomic mass is 16.4. The van der Waals surface area contributed by atoms with Crippen LogP contribution in [0.3, 0.4) is 0 Å². The standard InChI is InChI=1S/C14H9N3O8/c18-7-1-2-8(19)15(7)13(24)14(25,16-9(20)3-4-10(16)21)17-11(22)5-6-12(17)23/h1-6,13,24-25H. The van der Waals surface area contributed by atoms with E-state index in [4.69, 9.17) is 0 Å². The monoisotopic (exact) mass is 347 g/mol. The smallest absolute Gasteiger partial charge is 0.285 e. The zero-order chi connectivity index (χ0) is 18.5. The van der Waals surface area contributed by atoms with Crippen LogP contribution in [0.4, 0.5) is 0 Å². The van der Waals surface area contributed by atoms with Gasteiger partial charge in [0.25, 0.3) is 41.3 Å². The molecular formula is C14H9N3O8. The molecule has 0 bridgehead atoms. The molecule has 2 N–H and O–H groups in total. The lowest BCUT2D eigenvalue weighted by atomic mass is 10.2. The molecule has 3 heterocycles. The third-order valence-electron chi connectivity index (χ3n) is 3.71. The van der Waals surface area contributed by atoms with Crippen molar-refractivity contribution in [1.82, 2.24) is 14.7 Å². The largest absolute Gasteiger partial charge is 0.367 e. The van der Waals surface area contributed by atoms with Gasteiger partial charge in [-0.15, -0.1) is 0 Å². The second kappa shape index (κ2) is 5.29. The first-order valence-corrected chi connectivity index (χ1v) is 6.77. The lowest BCUT2D eigenvalue weighted by Crippen LogP contribution is -2.74. The number of hydrogen-bond donors (Lipinski definition) is 2. The van der Waals surface area contributed by atoms with Crippen LogP contribution in [-0.2, 0) is 28.8 Å². The predicted molar refractivity (Wildman–Crippen MR) is 73.9 cm³/mol. The Balaban J connectivity index is 2.13. The number of aliphatic hydroxyl groups is 2. The molecule has 3 rings (SSSR count). The maximum atomic E-state index is 12.0. The van der Waals surface area contributed by atoms with E-state index in [0.717, 1.165) is 36.5 Å². The summed E-state index contributed by atoms with van der Waals surface area (Å²) in [6, 6.07) is 0. The van der Waals surface area contributed by atoms with Crippen molar-refractivity contribution in [2.45, 2.75) is 12.1 Å². The molecule has 128 valence electrons.